The first-order valence-electron chi connectivity index (χ1n) is 10.5. The summed E-state index contributed by atoms with van der Waals surface area (Å²) in [6, 6.07) is 3.76. The highest BCUT2D eigenvalue weighted by molar-refractivity contribution is 7.15. The van der Waals surface area contributed by atoms with Crippen LogP contribution in [0.5, 0.6) is 11.5 Å². The molecule has 0 radical (unpaired) electrons. The Labute approximate surface area is 182 Å². The van der Waals surface area contributed by atoms with Gasteiger partial charge in [-0.15, -0.1) is 0 Å². The Hall–Kier alpha value is -2.56. The van der Waals surface area contributed by atoms with Crippen molar-refractivity contribution in [3.63, 3.8) is 0 Å². The molecule has 2 aliphatic rings. The summed E-state index contributed by atoms with van der Waals surface area (Å²) < 4.78 is 26.3. The molecule has 0 atom stereocenters. The van der Waals surface area contributed by atoms with E-state index in [4.69, 9.17) is 9.47 Å². The number of thiazole rings is 1. The largest absolute Gasteiger partial charge is 0.486 e. The predicted octanol–water partition coefficient (Wildman–Crippen LogP) is 2.02. The number of hydrogen-bond acceptors (Lipinski definition) is 8. The van der Waals surface area contributed by atoms with Gasteiger partial charge in [0.1, 0.15) is 23.9 Å². The molecule has 5 rings (SSSR count). The van der Waals surface area contributed by atoms with Gasteiger partial charge in [0.2, 0.25) is 0 Å². The summed E-state index contributed by atoms with van der Waals surface area (Å²) in [5, 5.41) is 3.59. The molecular formula is C21H24FN5O3S. The van der Waals surface area contributed by atoms with Crippen molar-refractivity contribution in [2.45, 2.75) is 32.0 Å². The van der Waals surface area contributed by atoms with E-state index in [2.05, 4.69) is 20.2 Å². The third kappa shape index (κ3) is 4.56. The average Bonchev–Trinajstić information content (AvgIpc) is 3.11. The van der Waals surface area contributed by atoms with Gasteiger partial charge in [0.05, 0.1) is 23.6 Å². The second kappa shape index (κ2) is 8.89. The van der Waals surface area contributed by atoms with Gasteiger partial charge in [-0.1, -0.05) is 11.3 Å². The molecule has 0 bridgehead atoms. The van der Waals surface area contributed by atoms with Crippen molar-refractivity contribution >= 4 is 21.7 Å². The van der Waals surface area contributed by atoms with Gasteiger partial charge in [0, 0.05) is 37.8 Å². The topological polar surface area (TPSA) is 81.5 Å². The molecule has 3 aromatic heterocycles. The highest BCUT2D eigenvalue weighted by Gasteiger charge is 2.20. The predicted molar refractivity (Wildman–Crippen MR) is 115 cm³/mol. The van der Waals surface area contributed by atoms with Gasteiger partial charge in [-0.2, -0.15) is 0 Å². The summed E-state index contributed by atoms with van der Waals surface area (Å²) in [5.74, 6) is 1.05. The third-order valence-electron chi connectivity index (χ3n) is 5.78. The Morgan fingerprint density at radius 1 is 1.10 bits per heavy atom. The highest BCUT2D eigenvalue weighted by Crippen LogP contribution is 2.29. The summed E-state index contributed by atoms with van der Waals surface area (Å²) in [6.07, 6.45) is 4.94. The molecule has 1 saturated heterocycles. The van der Waals surface area contributed by atoms with Crippen molar-refractivity contribution in [1.29, 1.82) is 0 Å². The number of aromatic nitrogens is 3. The summed E-state index contributed by atoms with van der Waals surface area (Å²) >= 11 is 1.07. The van der Waals surface area contributed by atoms with E-state index >= 15 is 0 Å². The van der Waals surface area contributed by atoms with Crippen LogP contribution in [0.25, 0.3) is 10.3 Å². The van der Waals surface area contributed by atoms with E-state index in [0.29, 0.717) is 48.4 Å². The van der Waals surface area contributed by atoms with E-state index < -0.39 is 5.82 Å². The van der Waals surface area contributed by atoms with Crippen LogP contribution in [0, 0.1) is 5.82 Å². The molecule has 1 N–H and O–H groups in total. The van der Waals surface area contributed by atoms with Gasteiger partial charge in [-0.25, -0.2) is 9.37 Å². The summed E-state index contributed by atoms with van der Waals surface area (Å²) in [7, 11) is 0. The minimum absolute atomic E-state index is 0.0865. The number of pyridine rings is 2. The number of nitrogens with zero attached hydrogens (tertiary/aromatic N) is 4. The molecule has 5 heterocycles. The van der Waals surface area contributed by atoms with Crippen LogP contribution in [0.15, 0.2) is 29.3 Å². The van der Waals surface area contributed by atoms with E-state index in [1.54, 1.807) is 10.8 Å². The van der Waals surface area contributed by atoms with Crippen LogP contribution in [0.4, 0.5) is 4.39 Å². The molecule has 0 saturated carbocycles. The van der Waals surface area contributed by atoms with Crippen LogP contribution in [-0.4, -0.2) is 58.3 Å². The molecule has 31 heavy (non-hydrogen) atoms. The lowest BCUT2D eigenvalue weighted by molar-refractivity contribution is 0.170. The maximum absolute atomic E-state index is 13.5. The Morgan fingerprint density at radius 3 is 2.74 bits per heavy atom. The quantitative estimate of drug-likeness (QED) is 0.622. The number of halogens is 1. The molecule has 0 aromatic carbocycles. The van der Waals surface area contributed by atoms with Crippen molar-refractivity contribution in [2.24, 2.45) is 0 Å². The SMILES string of the molecule is O=c1sc2ncc(F)cc2n1CCN1CCC(NCc2cc3c(cn2)OCCO3)CC1. The third-order valence-corrected chi connectivity index (χ3v) is 6.68. The zero-order valence-electron chi connectivity index (χ0n) is 17.1. The second-order valence-corrected chi connectivity index (χ2v) is 8.75. The van der Waals surface area contributed by atoms with Crippen LogP contribution in [0.2, 0.25) is 0 Å². The summed E-state index contributed by atoms with van der Waals surface area (Å²) in [4.78, 5) is 23.6. The van der Waals surface area contributed by atoms with Crippen LogP contribution in [-0.2, 0) is 13.1 Å². The fourth-order valence-corrected chi connectivity index (χ4v) is 4.92. The fraction of sp³-hybridized carbons (Fsp3) is 0.476. The van der Waals surface area contributed by atoms with Gasteiger partial charge in [0.25, 0.3) is 0 Å². The van der Waals surface area contributed by atoms with Gasteiger partial charge < -0.3 is 19.7 Å². The molecule has 2 aliphatic heterocycles. The lowest BCUT2D eigenvalue weighted by Crippen LogP contribution is -2.43. The van der Waals surface area contributed by atoms with Crippen LogP contribution in [0.3, 0.4) is 0 Å². The van der Waals surface area contributed by atoms with E-state index in [1.807, 2.05) is 6.07 Å². The van der Waals surface area contributed by atoms with E-state index in [9.17, 15) is 9.18 Å². The van der Waals surface area contributed by atoms with E-state index in [1.165, 1.54) is 6.07 Å². The number of hydrogen-bond donors (Lipinski definition) is 1. The minimum atomic E-state index is -0.418. The number of fused-ring (bicyclic) bond motifs is 2. The average molecular weight is 446 g/mol. The Kier molecular flexibility index (Phi) is 5.84. The smallest absolute Gasteiger partial charge is 0.309 e. The monoisotopic (exact) mass is 445 g/mol. The van der Waals surface area contributed by atoms with Crippen LogP contribution >= 0.6 is 11.3 Å². The molecular weight excluding hydrogens is 421 g/mol. The molecule has 0 amide bonds. The molecule has 8 nitrogen and oxygen atoms in total. The zero-order valence-corrected chi connectivity index (χ0v) is 17.9. The molecule has 3 aromatic rings. The molecule has 0 spiro atoms. The maximum Gasteiger partial charge on any atom is 0.309 e. The highest BCUT2D eigenvalue weighted by atomic mass is 32.1. The lowest BCUT2D eigenvalue weighted by Gasteiger charge is -2.32. The lowest BCUT2D eigenvalue weighted by atomic mass is 10.0. The first kappa shape index (κ1) is 20.3. The first-order valence-corrected chi connectivity index (χ1v) is 11.3. The number of ether oxygens (including phenoxy) is 2. The van der Waals surface area contributed by atoms with Crippen molar-refractivity contribution in [3.05, 3.63) is 45.7 Å². The minimum Gasteiger partial charge on any atom is -0.486 e. The first-order chi connectivity index (χ1) is 15.2. The van der Waals surface area contributed by atoms with Crippen molar-refractivity contribution in [2.75, 3.05) is 32.8 Å². The molecule has 164 valence electrons. The number of piperidine rings is 1. The summed E-state index contributed by atoms with van der Waals surface area (Å²) in [6.45, 7) is 5.04. The maximum atomic E-state index is 13.5. The second-order valence-electron chi connectivity index (χ2n) is 7.81. The number of nitrogens with one attached hydrogen (secondary N) is 1. The van der Waals surface area contributed by atoms with Crippen molar-refractivity contribution in [1.82, 2.24) is 24.8 Å². The van der Waals surface area contributed by atoms with Gasteiger partial charge in [0.15, 0.2) is 11.5 Å². The molecule has 10 heteroatoms. The van der Waals surface area contributed by atoms with Gasteiger partial charge in [-0.3, -0.25) is 14.3 Å². The van der Waals surface area contributed by atoms with E-state index in [-0.39, 0.29) is 4.87 Å². The van der Waals surface area contributed by atoms with Crippen LogP contribution < -0.4 is 19.7 Å². The summed E-state index contributed by atoms with van der Waals surface area (Å²) in [5.41, 5.74) is 1.52. The van der Waals surface area contributed by atoms with E-state index in [0.717, 1.165) is 61.5 Å². The Morgan fingerprint density at radius 2 is 1.90 bits per heavy atom. The number of likely N-dealkylation sites (tertiary alicyclic amines) is 1. The van der Waals surface area contributed by atoms with Crippen molar-refractivity contribution in [3.8, 4) is 11.5 Å². The zero-order chi connectivity index (χ0) is 21.2. The van der Waals surface area contributed by atoms with Gasteiger partial charge >= 0.3 is 4.87 Å². The molecule has 0 unspecified atom stereocenters. The normalized spacial score (nSPS) is 17.3. The Balaban J connectivity index is 1.11. The number of rotatable bonds is 6. The van der Waals surface area contributed by atoms with Crippen molar-refractivity contribution < 1.29 is 13.9 Å². The molecule has 1 fully saturated rings. The fourth-order valence-electron chi connectivity index (χ4n) is 4.07. The molecule has 0 aliphatic carbocycles. The van der Waals surface area contributed by atoms with Gasteiger partial charge in [-0.05, 0) is 25.9 Å². The standard InChI is InChI=1S/C21H24FN5O3S/c22-14-9-17-20(25-11-14)31-21(28)27(17)6-5-26-3-1-15(2-4-26)23-12-16-10-18-19(13-24-16)30-8-7-29-18/h9-11,13,15,23H,1-8,12H2. The van der Waals surface area contributed by atoms with Crippen LogP contribution in [0.1, 0.15) is 18.5 Å². The Bertz CT molecular complexity index is 1130.